The van der Waals surface area contributed by atoms with E-state index < -0.39 is 0 Å². The van der Waals surface area contributed by atoms with Gasteiger partial charge in [-0.1, -0.05) is 34.8 Å². The Morgan fingerprint density at radius 1 is 1.05 bits per heavy atom. The van der Waals surface area contributed by atoms with Gasteiger partial charge in [-0.2, -0.15) is 0 Å². The summed E-state index contributed by atoms with van der Waals surface area (Å²) in [6.07, 6.45) is 1.80. The van der Waals surface area contributed by atoms with Gasteiger partial charge in [0.25, 0.3) is 0 Å². The molecule has 2 aromatic heterocycles. The van der Waals surface area contributed by atoms with Crippen molar-refractivity contribution in [3.8, 4) is 11.3 Å². The van der Waals surface area contributed by atoms with E-state index in [1.165, 1.54) is 0 Å². The van der Waals surface area contributed by atoms with E-state index in [4.69, 9.17) is 40.5 Å². The molecule has 3 rings (SSSR count). The van der Waals surface area contributed by atoms with E-state index in [1.54, 1.807) is 34.9 Å². The number of nitrogens with zero attached hydrogens (tertiary/aromatic N) is 2. The third-order valence-corrected chi connectivity index (χ3v) is 3.51. The van der Waals surface area contributed by atoms with E-state index >= 15 is 0 Å². The second kappa shape index (κ2) is 4.60. The van der Waals surface area contributed by atoms with Gasteiger partial charge in [-0.25, -0.2) is 4.98 Å². The molecule has 0 spiro atoms. The molecule has 0 saturated carbocycles. The highest BCUT2D eigenvalue weighted by Crippen LogP contribution is 2.32. The van der Waals surface area contributed by atoms with Crippen LogP contribution in [0.3, 0.4) is 0 Å². The maximum absolute atomic E-state index is 6.10. The summed E-state index contributed by atoms with van der Waals surface area (Å²) in [5.41, 5.74) is 8.07. The predicted molar refractivity (Wildman–Crippen MR) is 80.1 cm³/mol. The molecule has 0 aliphatic rings. The summed E-state index contributed by atoms with van der Waals surface area (Å²) >= 11 is 18.1. The Kier molecular flexibility index (Phi) is 3.05. The van der Waals surface area contributed by atoms with Crippen LogP contribution in [0.4, 0.5) is 5.82 Å². The largest absolute Gasteiger partial charge is 0.383 e. The molecule has 0 unspecified atom stereocenters. The standard InChI is InChI=1S/C13H8Cl3N3/c14-8-4-7(5-9(15)6-8)11-12(17)19-3-1-2-10(16)13(19)18-11/h1-6H,17H2. The van der Waals surface area contributed by atoms with Crippen LogP contribution in [0.25, 0.3) is 16.9 Å². The lowest BCUT2D eigenvalue weighted by Crippen LogP contribution is -1.93. The maximum atomic E-state index is 6.10. The van der Waals surface area contributed by atoms with Crippen LogP contribution in [0.15, 0.2) is 36.5 Å². The van der Waals surface area contributed by atoms with Crippen molar-refractivity contribution >= 4 is 46.3 Å². The molecule has 19 heavy (non-hydrogen) atoms. The Balaban J connectivity index is 2.31. The molecule has 0 saturated heterocycles. The number of aromatic nitrogens is 2. The molecular weight excluding hydrogens is 305 g/mol. The van der Waals surface area contributed by atoms with Crippen LogP contribution in [0, 0.1) is 0 Å². The Morgan fingerprint density at radius 2 is 1.74 bits per heavy atom. The number of rotatable bonds is 1. The van der Waals surface area contributed by atoms with Gasteiger partial charge < -0.3 is 5.73 Å². The zero-order chi connectivity index (χ0) is 13.6. The molecule has 96 valence electrons. The van der Waals surface area contributed by atoms with E-state index in [0.29, 0.717) is 32.2 Å². The van der Waals surface area contributed by atoms with E-state index in [-0.39, 0.29) is 0 Å². The summed E-state index contributed by atoms with van der Waals surface area (Å²) in [6.45, 7) is 0. The predicted octanol–water partition coefficient (Wildman–Crippen LogP) is 4.54. The van der Waals surface area contributed by atoms with E-state index in [1.807, 2.05) is 6.07 Å². The van der Waals surface area contributed by atoms with Gasteiger partial charge in [-0.3, -0.25) is 4.40 Å². The molecule has 0 aliphatic heterocycles. The highest BCUT2D eigenvalue weighted by molar-refractivity contribution is 6.35. The number of nitrogen functional groups attached to an aromatic ring is 1. The zero-order valence-electron chi connectivity index (χ0n) is 9.57. The van der Waals surface area contributed by atoms with Crippen molar-refractivity contribution < 1.29 is 0 Å². The van der Waals surface area contributed by atoms with Crippen LogP contribution in [0.5, 0.6) is 0 Å². The van der Waals surface area contributed by atoms with E-state index in [0.717, 1.165) is 5.56 Å². The molecule has 2 heterocycles. The van der Waals surface area contributed by atoms with Gasteiger partial charge in [-0.05, 0) is 30.3 Å². The topological polar surface area (TPSA) is 43.3 Å². The number of imidazole rings is 1. The SMILES string of the molecule is Nc1c(-c2cc(Cl)cc(Cl)c2)nc2c(Cl)cccn12. The van der Waals surface area contributed by atoms with Gasteiger partial charge in [-0.15, -0.1) is 0 Å². The third-order valence-electron chi connectivity index (χ3n) is 2.78. The van der Waals surface area contributed by atoms with Crippen molar-refractivity contribution in [2.45, 2.75) is 0 Å². The first-order valence-electron chi connectivity index (χ1n) is 5.45. The Labute approximate surface area is 124 Å². The van der Waals surface area contributed by atoms with Crippen LogP contribution in [-0.4, -0.2) is 9.38 Å². The van der Waals surface area contributed by atoms with Crippen LogP contribution < -0.4 is 5.73 Å². The molecule has 3 aromatic rings. The van der Waals surface area contributed by atoms with Crippen LogP contribution >= 0.6 is 34.8 Å². The number of halogens is 3. The molecule has 0 bridgehead atoms. The first kappa shape index (κ1) is 12.6. The number of anilines is 1. The second-order valence-corrected chi connectivity index (χ2v) is 5.33. The van der Waals surface area contributed by atoms with Gasteiger partial charge in [0, 0.05) is 21.8 Å². The van der Waals surface area contributed by atoms with Crippen molar-refractivity contribution in [2.24, 2.45) is 0 Å². The normalized spacial score (nSPS) is 11.1. The van der Waals surface area contributed by atoms with Gasteiger partial charge >= 0.3 is 0 Å². The van der Waals surface area contributed by atoms with E-state index in [2.05, 4.69) is 4.98 Å². The molecule has 0 fully saturated rings. The summed E-state index contributed by atoms with van der Waals surface area (Å²) in [5, 5.41) is 1.60. The average molecular weight is 313 g/mol. The third kappa shape index (κ3) is 2.14. The van der Waals surface area contributed by atoms with Crippen LogP contribution in [-0.2, 0) is 0 Å². The molecule has 6 heteroatoms. The monoisotopic (exact) mass is 311 g/mol. The molecule has 3 nitrogen and oxygen atoms in total. The van der Waals surface area contributed by atoms with Gasteiger partial charge in [0.2, 0.25) is 0 Å². The van der Waals surface area contributed by atoms with Crippen molar-refractivity contribution in [3.05, 3.63) is 51.6 Å². The fourth-order valence-electron chi connectivity index (χ4n) is 1.96. The number of nitrogens with two attached hydrogens (primary N) is 1. The summed E-state index contributed by atoms with van der Waals surface area (Å²) in [7, 11) is 0. The molecular formula is C13H8Cl3N3. The Bertz CT molecular complexity index is 760. The summed E-state index contributed by atoms with van der Waals surface area (Å²) in [6, 6.07) is 8.75. The number of pyridine rings is 1. The fourth-order valence-corrected chi connectivity index (χ4v) is 2.69. The highest BCUT2D eigenvalue weighted by Gasteiger charge is 2.14. The minimum Gasteiger partial charge on any atom is -0.383 e. The molecule has 0 amide bonds. The lowest BCUT2D eigenvalue weighted by atomic mass is 10.1. The summed E-state index contributed by atoms with van der Waals surface area (Å²) < 4.78 is 1.73. The number of hydrogen-bond donors (Lipinski definition) is 1. The lowest BCUT2D eigenvalue weighted by Gasteiger charge is -2.01. The highest BCUT2D eigenvalue weighted by atomic mass is 35.5. The fraction of sp³-hybridized carbons (Fsp3) is 0. The summed E-state index contributed by atoms with van der Waals surface area (Å²) in [5.74, 6) is 0.496. The van der Waals surface area contributed by atoms with Crippen molar-refractivity contribution in [3.63, 3.8) is 0 Å². The molecule has 1 aromatic carbocycles. The average Bonchev–Trinajstić information content (AvgIpc) is 2.68. The number of benzene rings is 1. The van der Waals surface area contributed by atoms with Crippen molar-refractivity contribution in [2.75, 3.05) is 5.73 Å². The van der Waals surface area contributed by atoms with E-state index in [9.17, 15) is 0 Å². The number of fused-ring (bicyclic) bond motifs is 1. The van der Waals surface area contributed by atoms with Crippen LogP contribution in [0.2, 0.25) is 15.1 Å². The first-order chi connectivity index (χ1) is 9.06. The Morgan fingerprint density at radius 3 is 2.37 bits per heavy atom. The zero-order valence-corrected chi connectivity index (χ0v) is 11.8. The van der Waals surface area contributed by atoms with Gasteiger partial charge in [0.1, 0.15) is 11.5 Å². The smallest absolute Gasteiger partial charge is 0.157 e. The van der Waals surface area contributed by atoms with Crippen molar-refractivity contribution in [1.82, 2.24) is 9.38 Å². The van der Waals surface area contributed by atoms with Gasteiger partial charge in [0.15, 0.2) is 5.65 Å². The molecule has 2 N–H and O–H groups in total. The minimum atomic E-state index is 0.496. The molecule has 0 aliphatic carbocycles. The van der Waals surface area contributed by atoms with Gasteiger partial charge in [0.05, 0.1) is 5.02 Å². The van der Waals surface area contributed by atoms with Crippen LogP contribution in [0.1, 0.15) is 0 Å². The quantitative estimate of drug-likeness (QED) is 0.716. The molecule has 0 radical (unpaired) electrons. The minimum absolute atomic E-state index is 0.496. The first-order valence-corrected chi connectivity index (χ1v) is 6.58. The van der Waals surface area contributed by atoms with Crippen molar-refractivity contribution in [1.29, 1.82) is 0 Å². The second-order valence-electron chi connectivity index (χ2n) is 4.05. The maximum Gasteiger partial charge on any atom is 0.157 e. The number of hydrogen-bond acceptors (Lipinski definition) is 2. The molecule has 0 atom stereocenters. The lowest BCUT2D eigenvalue weighted by molar-refractivity contribution is 1.20. The Hall–Kier alpha value is -1.42. The summed E-state index contributed by atoms with van der Waals surface area (Å²) in [4.78, 5) is 4.45.